The average molecular weight is 411 g/mol. The fourth-order valence-corrected chi connectivity index (χ4v) is 7.25. The van der Waals surface area contributed by atoms with Crippen molar-refractivity contribution in [1.29, 1.82) is 0 Å². The number of nitrogens with zero attached hydrogens (tertiary/aromatic N) is 3. The fourth-order valence-electron chi connectivity index (χ4n) is 7.25. The molecule has 6 fully saturated rings. The summed E-state index contributed by atoms with van der Waals surface area (Å²) < 4.78 is 0. The van der Waals surface area contributed by atoms with Crippen LogP contribution in [0.5, 0.6) is 0 Å². The maximum atomic E-state index is 13.1. The standard InChI is InChI=1S/C24H34N4O2/c1-15-14-27(19-5-6-19)7-8-28(15)21-4-2-3-20(25-21)23(29)26-22-17-9-16-10-18(22)13-24(30,11-16)12-17/h2-4,15-19,22,30H,5-14H2,1H3,(H,26,29)/t15-,16?,17?,18?,22-,24-/m1/s1. The molecular weight excluding hydrogens is 376 g/mol. The van der Waals surface area contributed by atoms with Crippen LogP contribution in [0.1, 0.15) is 62.4 Å². The molecule has 5 aliphatic carbocycles. The Labute approximate surface area is 179 Å². The van der Waals surface area contributed by atoms with Crippen LogP contribution in [0.25, 0.3) is 0 Å². The van der Waals surface area contributed by atoms with Crippen molar-refractivity contribution in [3.05, 3.63) is 23.9 Å². The molecule has 2 unspecified atom stereocenters. The van der Waals surface area contributed by atoms with E-state index in [-0.39, 0.29) is 11.9 Å². The molecule has 1 aromatic heterocycles. The molecule has 30 heavy (non-hydrogen) atoms. The molecule has 6 aliphatic rings. The van der Waals surface area contributed by atoms with Crippen LogP contribution >= 0.6 is 0 Å². The van der Waals surface area contributed by atoms with Crippen LogP contribution in [0.3, 0.4) is 0 Å². The molecule has 0 aromatic carbocycles. The third kappa shape index (κ3) is 3.32. The number of piperazine rings is 1. The first-order valence-electron chi connectivity index (χ1n) is 12.0. The number of aliphatic hydroxyl groups is 1. The first-order valence-corrected chi connectivity index (χ1v) is 12.0. The van der Waals surface area contributed by atoms with E-state index >= 15 is 0 Å². The number of anilines is 1. The van der Waals surface area contributed by atoms with Crippen molar-refractivity contribution >= 4 is 11.7 Å². The lowest BCUT2D eigenvalue weighted by Crippen LogP contribution is -2.61. The van der Waals surface area contributed by atoms with Gasteiger partial charge in [0.15, 0.2) is 0 Å². The zero-order chi connectivity index (χ0) is 20.5. The highest BCUT2D eigenvalue weighted by atomic mass is 16.3. The summed E-state index contributed by atoms with van der Waals surface area (Å²) >= 11 is 0. The van der Waals surface area contributed by atoms with Crippen molar-refractivity contribution in [2.45, 2.75) is 75.6 Å². The van der Waals surface area contributed by atoms with Crippen molar-refractivity contribution in [1.82, 2.24) is 15.2 Å². The highest BCUT2D eigenvalue weighted by Crippen LogP contribution is 2.55. The fraction of sp³-hybridized carbons (Fsp3) is 0.750. The van der Waals surface area contributed by atoms with Gasteiger partial charge in [-0.3, -0.25) is 9.69 Å². The molecular formula is C24H34N4O2. The smallest absolute Gasteiger partial charge is 0.270 e. The number of aromatic nitrogens is 1. The van der Waals surface area contributed by atoms with Crippen molar-refractivity contribution < 1.29 is 9.90 Å². The Morgan fingerprint density at radius 3 is 2.60 bits per heavy atom. The highest BCUT2D eigenvalue weighted by Gasteiger charge is 2.55. The van der Waals surface area contributed by atoms with E-state index in [1.165, 1.54) is 12.8 Å². The molecule has 7 rings (SSSR count). The third-order valence-corrected chi connectivity index (χ3v) is 8.52. The van der Waals surface area contributed by atoms with Gasteiger partial charge >= 0.3 is 0 Å². The van der Waals surface area contributed by atoms with Gasteiger partial charge in [-0.25, -0.2) is 4.98 Å². The number of pyridine rings is 1. The second-order valence-corrected chi connectivity index (χ2v) is 10.8. The zero-order valence-electron chi connectivity index (χ0n) is 18.0. The zero-order valence-corrected chi connectivity index (χ0v) is 18.0. The lowest BCUT2D eigenvalue weighted by atomic mass is 9.52. The average Bonchev–Trinajstić information content (AvgIpc) is 3.55. The number of carbonyl (C=O) groups is 1. The number of hydrogen-bond acceptors (Lipinski definition) is 5. The van der Waals surface area contributed by atoms with Crippen molar-refractivity contribution in [3.63, 3.8) is 0 Å². The summed E-state index contributed by atoms with van der Waals surface area (Å²) in [6.45, 7) is 5.41. The quantitative estimate of drug-likeness (QED) is 0.798. The SMILES string of the molecule is C[C@@H]1CN(C2CC2)CCN1c1cccc(C(=O)N[C@H]2C3CC4CC2C[C@](O)(C4)C3)n1. The maximum absolute atomic E-state index is 13.1. The third-order valence-electron chi connectivity index (χ3n) is 8.52. The van der Waals surface area contributed by atoms with Gasteiger partial charge < -0.3 is 15.3 Å². The lowest BCUT2D eigenvalue weighted by molar-refractivity contribution is -0.136. The van der Waals surface area contributed by atoms with Gasteiger partial charge in [-0.2, -0.15) is 0 Å². The van der Waals surface area contributed by atoms with Crippen LogP contribution in [-0.2, 0) is 0 Å². The minimum Gasteiger partial charge on any atom is -0.390 e. The summed E-state index contributed by atoms with van der Waals surface area (Å²) in [7, 11) is 0. The first-order chi connectivity index (χ1) is 14.5. The summed E-state index contributed by atoms with van der Waals surface area (Å²) in [4.78, 5) is 22.9. The van der Waals surface area contributed by atoms with E-state index in [0.29, 0.717) is 29.5 Å². The van der Waals surface area contributed by atoms with Gasteiger partial charge in [0.05, 0.1) is 5.60 Å². The second-order valence-electron chi connectivity index (χ2n) is 10.8. The van der Waals surface area contributed by atoms with Crippen LogP contribution in [-0.4, -0.2) is 64.3 Å². The minimum atomic E-state index is -0.464. The largest absolute Gasteiger partial charge is 0.390 e. The van der Waals surface area contributed by atoms with E-state index in [1.54, 1.807) is 0 Å². The van der Waals surface area contributed by atoms with E-state index < -0.39 is 5.60 Å². The topological polar surface area (TPSA) is 68.7 Å². The molecule has 5 saturated carbocycles. The van der Waals surface area contributed by atoms with Gasteiger partial charge in [0.1, 0.15) is 11.5 Å². The van der Waals surface area contributed by atoms with Crippen LogP contribution in [0.4, 0.5) is 5.82 Å². The summed E-state index contributed by atoms with van der Waals surface area (Å²) in [6.07, 6.45) is 7.67. The summed E-state index contributed by atoms with van der Waals surface area (Å²) in [5.74, 6) is 2.36. The Hall–Kier alpha value is -1.66. The van der Waals surface area contributed by atoms with E-state index in [4.69, 9.17) is 4.98 Å². The summed E-state index contributed by atoms with van der Waals surface area (Å²) in [5.41, 5.74) is 0.0612. The van der Waals surface area contributed by atoms with Gasteiger partial charge in [0, 0.05) is 37.8 Å². The van der Waals surface area contributed by atoms with E-state index in [9.17, 15) is 9.90 Å². The van der Waals surface area contributed by atoms with Gasteiger partial charge in [-0.1, -0.05) is 6.07 Å². The van der Waals surface area contributed by atoms with Gasteiger partial charge in [-0.05, 0) is 81.8 Å². The maximum Gasteiger partial charge on any atom is 0.270 e. The summed E-state index contributed by atoms with van der Waals surface area (Å²) in [5, 5.41) is 14.1. The Balaban J connectivity index is 1.15. The number of carbonyl (C=O) groups excluding carboxylic acids is 1. The molecule has 1 aromatic rings. The Morgan fingerprint density at radius 1 is 1.17 bits per heavy atom. The molecule has 2 N–H and O–H groups in total. The molecule has 2 heterocycles. The number of rotatable bonds is 4. The molecule has 6 nitrogen and oxygen atoms in total. The number of hydrogen-bond donors (Lipinski definition) is 2. The normalized spacial score (nSPS) is 40.6. The molecule has 1 amide bonds. The molecule has 1 saturated heterocycles. The molecule has 0 spiro atoms. The van der Waals surface area contributed by atoms with E-state index in [0.717, 1.165) is 63.6 Å². The summed E-state index contributed by atoms with van der Waals surface area (Å²) in [6, 6.07) is 7.26. The lowest BCUT2D eigenvalue weighted by Gasteiger charge is -2.58. The van der Waals surface area contributed by atoms with Crippen molar-refractivity contribution in [2.75, 3.05) is 24.5 Å². The number of nitrogens with one attached hydrogen (secondary N) is 1. The van der Waals surface area contributed by atoms with Crippen LogP contribution < -0.4 is 10.2 Å². The van der Waals surface area contributed by atoms with Gasteiger partial charge in [0.25, 0.3) is 5.91 Å². The molecule has 1 aliphatic heterocycles. The van der Waals surface area contributed by atoms with E-state index in [1.807, 2.05) is 18.2 Å². The van der Waals surface area contributed by atoms with E-state index in [2.05, 4.69) is 22.0 Å². The minimum absolute atomic E-state index is 0.0504. The molecule has 0 radical (unpaired) electrons. The van der Waals surface area contributed by atoms with Gasteiger partial charge in [-0.15, -0.1) is 0 Å². The van der Waals surface area contributed by atoms with Crippen LogP contribution in [0.2, 0.25) is 0 Å². The van der Waals surface area contributed by atoms with Crippen molar-refractivity contribution in [2.24, 2.45) is 17.8 Å². The highest BCUT2D eigenvalue weighted by molar-refractivity contribution is 5.93. The van der Waals surface area contributed by atoms with Crippen LogP contribution in [0.15, 0.2) is 18.2 Å². The molecule has 162 valence electrons. The Bertz CT molecular complexity index is 824. The predicted octanol–water partition coefficient (Wildman–Crippen LogP) is 2.42. The van der Waals surface area contributed by atoms with Gasteiger partial charge in [0.2, 0.25) is 0 Å². The predicted molar refractivity (Wildman–Crippen MR) is 115 cm³/mol. The number of amides is 1. The molecule has 3 atom stereocenters. The van der Waals surface area contributed by atoms with Crippen molar-refractivity contribution in [3.8, 4) is 0 Å². The molecule has 6 heteroatoms. The van der Waals surface area contributed by atoms with Crippen LogP contribution in [0, 0.1) is 17.8 Å². The Morgan fingerprint density at radius 2 is 1.93 bits per heavy atom. The Kier molecular flexibility index (Phi) is 4.40. The monoisotopic (exact) mass is 410 g/mol. The molecule has 4 bridgehead atoms. The first kappa shape index (κ1) is 19.1. The second kappa shape index (κ2) is 6.92.